The molecule has 1 fully saturated rings. The number of nitrogen functional groups attached to an aromatic ring is 1. The molecule has 0 spiro atoms. The molecule has 0 amide bonds. The van der Waals surface area contributed by atoms with Crippen molar-refractivity contribution in [1.82, 2.24) is 20.2 Å². The summed E-state index contributed by atoms with van der Waals surface area (Å²) in [5, 5.41) is 12.7. The second kappa shape index (κ2) is 4.20. The SMILES string of the molecule is CC(C)(C1CC1)n1nnnc1-c1cc(N)ccc1Cl. The van der Waals surface area contributed by atoms with E-state index in [0.717, 1.165) is 5.56 Å². The van der Waals surface area contributed by atoms with Crippen LogP contribution in [-0.2, 0) is 5.54 Å². The summed E-state index contributed by atoms with van der Waals surface area (Å²) in [6, 6.07) is 5.36. The van der Waals surface area contributed by atoms with Crippen molar-refractivity contribution in [2.24, 2.45) is 5.92 Å². The molecule has 0 aliphatic heterocycles. The highest BCUT2D eigenvalue weighted by Gasteiger charge is 2.41. The summed E-state index contributed by atoms with van der Waals surface area (Å²) in [5.74, 6) is 1.30. The summed E-state index contributed by atoms with van der Waals surface area (Å²) in [5.41, 5.74) is 7.15. The van der Waals surface area contributed by atoms with Crippen molar-refractivity contribution in [3.63, 3.8) is 0 Å². The van der Waals surface area contributed by atoms with Gasteiger partial charge in [0.15, 0.2) is 5.82 Å². The molecule has 1 aromatic carbocycles. The number of rotatable bonds is 3. The number of hydrogen-bond donors (Lipinski definition) is 1. The van der Waals surface area contributed by atoms with Gasteiger partial charge in [0.05, 0.1) is 10.6 Å². The summed E-state index contributed by atoms with van der Waals surface area (Å²) in [6.07, 6.45) is 2.44. The molecule has 19 heavy (non-hydrogen) atoms. The fourth-order valence-corrected chi connectivity index (χ4v) is 2.62. The van der Waals surface area contributed by atoms with E-state index in [4.69, 9.17) is 17.3 Å². The van der Waals surface area contributed by atoms with Crippen LogP contribution in [0.5, 0.6) is 0 Å². The van der Waals surface area contributed by atoms with E-state index in [0.29, 0.717) is 22.5 Å². The number of nitrogens with two attached hydrogens (primary N) is 1. The van der Waals surface area contributed by atoms with E-state index in [1.807, 2.05) is 10.7 Å². The van der Waals surface area contributed by atoms with E-state index < -0.39 is 0 Å². The monoisotopic (exact) mass is 277 g/mol. The van der Waals surface area contributed by atoms with E-state index in [1.54, 1.807) is 12.1 Å². The first-order valence-electron chi connectivity index (χ1n) is 6.34. The zero-order chi connectivity index (χ0) is 13.6. The number of tetrazole rings is 1. The van der Waals surface area contributed by atoms with Crippen molar-refractivity contribution in [3.8, 4) is 11.4 Å². The largest absolute Gasteiger partial charge is 0.399 e. The Balaban J connectivity index is 2.11. The molecule has 1 aliphatic carbocycles. The van der Waals surface area contributed by atoms with Crippen LogP contribution in [0.4, 0.5) is 5.69 Å². The molecule has 0 saturated heterocycles. The first kappa shape index (κ1) is 12.4. The third-order valence-electron chi connectivity index (χ3n) is 3.82. The average molecular weight is 278 g/mol. The number of hydrogen-bond acceptors (Lipinski definition) is 4. The molecule has 0 atom stereocenters. The molecule has 1 saturated carbocycles. The molecule has 1 aromatic heterocycles. The second-order valence-corrected chi connectivity index (χ2v) is 5.99. The lowest BCUT2D eigenvalue weighted by Gasteiger charge is -2.25. The number of benzene rings is 1. The minimum absolute atomic E-state index is 0.104. The maximum Gasteiger partial charge on any atom is 0.184 e. The molecule has 1 aliphatic rings. The van der Waals surface area contributed by atoms with Crippen LogP contribution >= 0.6 is 11.6 Å². The van der Waals surface area contributed by atoms with E-state index in [2.05, 4.69) is 29.4 Å². The molecule has 2 aromatic rings. The normalized spacial score (nSPS) is 15.7. The number of anilines is 1. The van der Waals surface area contributed by atoms with Crippen LogP contribution in [-0.4, -0.2) is 20.2 Å². The molecule has 5 nitrogen and oxygen atoms in total. The van der Waals surface area contributed by atoms with E-state index in [9.17, 15) is 0 Å². The average Bonchev–Trinajstić information content (AvgIpc) is 3.11. The van der Waals surface area contributed by atoms with Gasteiger partial charge < -0.3 is 5.73 Å². The summed E-state index contributed by atoms with van der Waals surface area (Å²) >= 11 is 6.24. The molecule has 100 valence electrons. The molecule has 1 heterocycles. The van der Waals surface area contributed by atoms with Crippen LogP contribution in [0, 0.1) is 5.92 Å². The zero-order valence-corrected chi connectivity index (χ0v) is 11.7. The lowest BCUT2D eigenvalue weighted by atomic mass is 9.98. The predicted molar refractivity (Wildman–Crippen MR) is 74.7 cm³/mol. The molecular weight excluding hydrogens is 262 g/mol. The predicted octanol–water partition coefficient (Wildman–Crippen LogP) is 2.72. The Morgan fingerprint density at radius 2 is 2.11 bits per heavy atom. The van der Waals surface area contributed by atoms with Gasteiger partial charge in [0, 0.05) is 11.3 Å². The van der Waals surface area contributed by atoms with Gasteiger partial charge in [0.2, 0.25) is 0 Å². The highest BCUT2D eigenvalue weighted by atomic mass is 35.5. The molecule has 0 radical (unpaired) electrons. The minimum atomic E-state index is -0.104. The van der Waals surface area contributed by atoms with Gasteiger partial charge >= 0.3 is 0 Å². The first-order valence-corrected chi connectivity index (χ1v) is 6.72. The Bertz CT molecular complexity index is 615. The second-order valence-electron chi connectivity index (χ2n) is 5.58. The molecule has 3 rings (SSSR count). The topological polar surface area (TPSA) is 69.6 Å². The van der Waals surface area contributed by atoms with Crippen molar-refractivity contribution in [2.75, 3.05) is 5.73 Å². The van der Waals surface area contributed by atoms with Crippen molar-refractivity contribution < 1.29 is 0 Å². The Labute approximate surface area is 116 Å². The van der Waals surface area contributed by atoms with E-state index in [1.165, 1.54) is 12.8 Å². The van der Waals surface area contributed by atoms with Gasteiger partial charge in [-0.2, -0.15) is 0 Å². The highest BCUT2D eigenvalue weighted by Crippen LogP contribution is 2.45. The molecule has 0 bridgehead atoms. The maximum atomic E-state index is 6.24. The van der Waals surface area contributed by atoms with Crippen LogP contribution in [0.2, 0.25) is 5.02 Å². The lowest BCUT2D eigenvalue weighted by molar-refractivity contribution is 0.271. The summed E-state index contributed by atoms with van der Waals surface area (Å²) < 4.78 is 1.87. The van der Waals surface area contributed by atoms with Gasteiger partial charge in [-0.05, 0) is 61.2 Å². The van der Waals surface area contributed by atoms with Crippen LogP contribution in [0.1, 0.15) is 26.7 Å². The van der Waals surface area contributed by atoms with Gasteiger partial charge in [-0.1, -0.05) is 11.6 Å². The third-order valence-corrected chi connectivity index (χ3v) is 4.15. The highest BCUT2D eigenvalue weighted by molar-refractivity contribution is 6.33. The van der Waals surface area contributed by atoms with Crippen LogP contribution < -0.4 is 5.73 Å². The summed E-state index contributed by atoms with van der Waals surface area (Å²) in [7, 11) is 0. The smallest absolute Gasteiger partial charge is 0.184 e. The Morgan fingerprint density at radius 3 is 2.79 bits per heavy atom. The quantitative estimate of drug-likeness (QED) is 0.876. The van der Waals surface area contributed by atoms with Gasteiger partial charge in [0.25, 0.3) is 0 Å². The minimum Gasteiger partial charge on any atom is -0.399 e. The van der Waals surface area contributed by atoms with Gasteiger partial charge in [-0.15, -0.1) is 5.10 Å². The van der Waals surface area contributed by atoms with Gasteiger partial charge in [-0.3, -0.25) is 0 Å². The van der Waals surface area contributed by atoms with E-state index in [-0.39, 0.29) is 5.54 Å². The maximum absolute atomic E-state index is 6.24. The van der Waals surface area contributed by atoms with Crippen LogP contribution in [0.25, 0.3) is 11.4 Å². The zero-order valence-electron chi connectivity index (χ0n) is 11.0. The van der Waals surface area contributed by atoms with Crippen molar-refractivity contribution in [2.45, 2.75) is 32.2 Å². The molecule has 6 heteroatoms. The standard InChI is InChI=1S/C13H16ClN5/c1-13(2,8-3-4-8)19-12(16-17-18-19)10-7-9(15)5-6-11(10)14/h5-8H,3-4,15H2,1-2H3. The molecular formula is C13H16ClN5. The van der Waals surface area contributed by atoms with Gasteiger partial charge in [-0.25, -0.2) is 4.68 Å². The Kier molecular flexibility index (Phi) is 2.74. The molecule has 0 unspecified atom stereocenters. The lowest BCUT2D eigenvalue weighted by Crippen LogP contribution is -2.30. The van der Waals surface area contributed by atoms with E-state index >= 15 is 0 Å². The Hall–Kier alpha value is -1.62. The third kappa shape index (κ3) is 2.08. The van der Waals surface area contributed by atoms with Crippen molar-refractivity contribution in [1.29, 1.82) is 0 Å². The summed E-state index contributed by atoms with van der Waals surface area (Å²) in [6.45, 7) is 4.31. The van der Waals surface area contributed by atoms with Crippen molar-refractivity contribution >= 4 is 17.3 Å². The fourth-order valence-electron chi connectivity index (χ4n) is 2.42. The summed E-state index contributed by atoms with van der Waals surface area (Å²) in [4.78, 5) is 0. The van der Waals surface area contributed by atoms with Crippen molar-refractivity contribution in [3.05, 3.63) is 23.2 Å². The molecule has 2 N–H and O–H groups in total. The fraction of sp³-hybridized carbons (Fsp3) is 0.462. The number of halogens is 1. The number of aromatic nitrogens is 4. The van der Waals surface area contributed by atoms with Gasteiger partial charge in [0.1, 0.15) is 0 Å². The first-order chi connectivity index (χ1) is 9.00. The Morgan fingerprint density at radius 1 is 1.37 bits per heavy atom. The van der Waals surface area contributed by atoms with Crippen LogP contribution in [0.3, 0.4) is 0 Å². The van der Waals surface area contributed by atoms with Crippen LogP contribution in [0.15, 0.2) is 18.2 Å². The number of nitrogens with zero attached hydrogens (tertiary/aromatic N) is 4.